The van der Waals surface area contributed by atoms with Crippen LogP contribution < -0.4 is 0 Å². The van der Waals surface area contributed by atoms with E-state index in [2.05, 4.69) is 10.2 Å². The topological polar surface area (TPSA) is 30.7 Å². The van der Waals surface area contributed by atoms with E-state index >= 15 is 0 Å². The fourth-order valence-electron chi connectivity index (χ4n) is 2.08. The van der Waals surface area contributed by atoms with Gasteiger partial charge in [-0.1, -0.05) is 53.7 Å². The monoisotopic (exact) mass is 333 g/mol. The molecule has 6 heteroatoms. The smallest absolute Gasteiger partial charge is 0.191 e. The van der Waals surface area contributed by atoms with Crippen LogP contribution in [0.15, 0.2) is 53.7 Å². The molecule has 0 aliphatic rings. The second-order valence-electron chi connectivity index (χ2n) is 4.73. The van der Waals surface area contributed by atoms with Gasteiger partial charge >= 0.3 is 0 Å². The minimum absolute atomic E-state index is 0.205. The molecule has 0 saturated heterocycles. The quantitative estimate of drug-likeness (QED) is 0.655. The lowest BCUT2D eigenvalue weighted by molar-refractivity contribution is 0.617. The second kappa shape index (κ2) is 6.50. The van der Waals surface area contributed by atoms with Gasteiger partial charge < -0.3 is 4.57 Å². The Hall–Kier alpha value is -1.85. The van der Waals surface area contributed by atoms with Crippen molar-refractivity contribution >= 4 is 23.4 Å². The van der Waals surface area contributed by atoms with Crippen molar-refractivity contribution in [1.82, 2.24) is 14.8 Å². The summed E-state index contributed by atoms with van der Waals surface area (Å²) in [7, 11) is 1.88. The summed E-state index contributed by atoms with van der Waals surface area (Å²) in [5.41, 5.74) is 1.48. The third-order valence-electron chi connectivity index (χ3n) is 3.26. The predicted molar refractivity (Wildman–Crippen MR) is 87.4 cm³/mol. The lowest BCUT2D eigenvalue weighted by atomic mass is 10.2. The van der Waals surface area contributed by atoms with Crippen LogP contribution in [0.3, 0.4) is 0 Å². The molecule has 0 atom stereocenters. The predicted octanol–water partition coefficient (Wildman–Crippen LogP) is 4.57. The van der Waals surface area contributed by atoms with Crippen molar-refractivity contribution in [2.75, 3.05) is 0 Å². The fourth-order valence-corrected chi connectivity index (χ4v) is 3.19. The number of benzene rings is 2. The van der Waals surface area contributed by atoms with Crippen molar-refractivity contribution in [2.45, 2.75) is 10.9 Å². The van der Waals surface area contributed by atoms with E-state index < -0.39 is 0 Å². The fraction of sp³-hybridized carbons (Fsp3) is 0.125. The van der Waals surface area contributed by atoms with Gasteiger partial charge in [0.1, 0.15) is 5.82 Å². The summed E-state index contributed by atoms with van der Waals surface area (Å²) in [6, 6.07) is 14.2. The van der Waals surface area contributed by atoms with Crippen LogP contribution in [0.5, 0.6) is 0 Å². The zero-order valence-corrected chi connectivity index (χ0v) is 13.4. The Morgan fingerprint density at radius 1 is 1.09 bits per heavy atom. The highest BCUT2D eigenvalue weighted by Gasteiger charge is 2.14. The van der Waals surface area contributed by atoms with Crippen LogP contribution in [0.4, 0.5) is 4.39 Å². The number of aromatic nitrogens is 3. The summed E-state index contributed by atoms with van der Waals surface area (Å²) < 4.78 is 15.5. The number of halogens is 2. The van der Waals surface area contributed by atoms with Gasteiger partial charge in [0.2, 0.25) is 0 Å². The van der Waals surface area contributed by atoms with Crippen LogP contribution in [0.2, 0.25) is 5.02 Å². The number of hydrogen-bond donors (Lipinski definition) is 0. The zero-order chi connectivity index (χ0) is 15.5. The summed E-state index contributed by atoms with van der Waals surface area (Å²) in [6.07, 6.45) is 0. The third kappa shape index (κ3) is 3.00. The molecule has 0 bridgehead atoms. The molecule has 0 fully saturated rings. The molecule has 2 aromatic carbocycles. The SMILES string of the molecule is Cn1c(SCc2ccccc2F)nnc1-c1ccccc1Cl. The van der Waals surface area contributed by atoms with E-state index in [1.54, 1.807) is 12.1 Å². The number of hydrogen-bond acceptors (Lipinski definition) is 3. The van der Waals surface area contributed by atoms with Gasteiger partial charge in [0, 0.05) is 18.4 Å². The highest BCUT2D eigenvalue weighted by Crippen LogP contribution is 2.29. The standard InChI is InChI=1S/C16H13ClFN3S/c1-21-15(12-7-3-4-8-13(12)17)19-20-16(21)22-10-11-6-2-5-9-14(11)18/h2-9H,10H2,1H3. The van der Waals surface area contributed by atoms with Crippen molar-refractivity contribution in [3.8, 4) is 11.4 Å². The van der Waals surface area contributed by atoms with Crippen molar-refractivity contribution in [3.05, 3.63) is 64.9 Å². The molecule has 0 amide bonds. The van der Waals surface area contributed by atoms with Crippen LogP contribution >= 0.6 is 23.4 Å². The summed E-state index contributed by atoms with van der Waals surface area (Å²) in [4.78, 5) is 0. The molecular weight excluding hydrogens is 321 g/mol. The first kappa shape index (κ1) is 15.1. The molecule has 1 aromatic heterocycles. The van der Waals surface area contributed by atoms with Gasteiger partial charge in [-0.3, -0.25) is 0 Å². The van der Waals surface area contributed by atoms with Gasteiger partial charge in [0.05, 0.1) is 5.02 Å². The van der Waals surface area contributed by atoms with Crippen molar-refractivity contribution in [1.29, 1.82) is 0 Å². The minimum atomic E-state index is -0.205. The molecule has 0 unspecified atom stereocenters. The van der Waals surface area contributed by atoms with Gasteiger partial charge in [-0.15, -0.1) is 10.2 Å². The first-order valence-corrected chi connectivity index (χ1v) is 8.03. The Morgan fingerprint density at radius 2 is 1.82 bits per heavy atom. The zero-order valence-electron chi connectivity index (χ0n) is 11.8. The van der Waals surface area contributed by atoms with E-state index in [1.165, 1.54) is 17.8 Å². The first-order valence-electron chi connectivity index (χ1n) is 6.67. The van der Waals surface area contributed by atoms with Gasteiger partial charge in [0.15, 0.2) is 11.0 Å². The van der Waals surface area contributed by atoms with Crippen molar-refractivity contribution < 1.29 is 4.39 Å². The summed E-state index contributed by atoms with van der Waals surface area (Å²) >= 11 is 7.64. The Bertz CT molecular complexity index is 804. The molecule has 0 saturated carbocycles. The largest absolute Gasteiger partial charge is 0.305 e. The van der Waals surface area contributed by atoms with Gasteiger partial charge in [-0.05, 0) is 23.8 Å². The Labute approximate surface area is 137 Å². The maximum atomic E-state index is 13.6. The van der Waals surface area contributed by atoms with Crippen LogP contribution in [-0.4, -0.2) is 14.8 Å². The van der Waals surface area contributed by atoms with Crippen LogP contribution in [0.25, 0.3) is 11.4 Å². The Kier molecular flexibility index (Phi) is 4.45. The van der Waals surface area contributed by atoms with E-state index in [1.807, 2.05) is 41.9 Å². The molecular formula is C16H13ClFN3S. The number of thioether (sulfide) groups is 1. The van der Waals surface area contributed by atoms with E-state index in [4.69, 9.17) is 11.6 Å². The minimum Gasteiger partial charge on any atom is -0.305 e. The number of rotatable bonds is 4. The third-order valence-corrected chi connectivity index (χ3v) is 4.66. The van der Waals surface area contributed by atoms with Gasteiger partial charge in [-0.25, -0.2) is 4.39 Å². The van der Waals surface area contributed by atoms with E-state index in [-0.39, 0.29) is 5.82 Å². The summed E-state index contributed by atoms with van der Waals surface area (Å²) in [6.45, 7) is 0. The first-order chi connectivity index (χ1) is 10.7. The Morgan fingerprint density at radius 3 is 2.59 bits per heavy atom. The van der Waals surface area contributed by atoms with Gasteiger partial charge in [0.25, 0.3) is 0 Å². The van der Waals surface area contributed by atoms with Crippen LogP contribution in [-0.2, 0) is 12.8 Å². The molecule has 0 radical (unpaired) electrons. The molecule has 0 N–H and O–H groups in total. The van der Waals surface area contributed by atoms with E-state index in [0.29, 0.717) is 22.2 Å². The van der Waals surface area contributed by atoms with Crippen LogP contribution in [0, 0.1) is 5.82 Å². The molecule has 3 nitrogen and oxygen atoms in total. The molecule has 22 heavy (non-hydrogen) atoms. The normalized spacial score (nSPS) is 10.9. The molecule has 1 heterocycles. The van der Waals surface area contributed by atoms with Crippen molar-refractivity contribution in [3.63, 3.8) is 0 Å². The second-order valence-corrected chi connectivity index (χ2v) is 6.07. The van der Waals surface area contributed by atoms with Crippen LogP contribution in [0.1, 0.15) is 5.56 Å². The maximum absolute atomic E-state index is 13.6. The molecule has 3 aromatic rings. The lowest BCUT2D eigenvalue weighted by Gasteiger charge is -2.05. The average Bonchev–Trinajstić information content (AvgIpc) is 2.88. The van der Waals surface area contributed by atoms with Crippen molar-refractivity contribution in [2.24, 2.45) is 7.05 Å². The average molecular weight is 334 g/mol. The Balaban J connectivity index is 1.83. The highest BCUT2D eigenvalue weighted by molar-refractivity contribution is 7.98. The number of nitrogens with zero attached hydrogens (tertiary/aromatic N) is 3. The molecule has 0 aliphatic carbocycles. The lowest BCUT2D eigenvalue weighted by Crippen LogP contribution is -1.96. The van der Waals surface area contributed by atoms with E-state index in [0.717, 1.165) is 10.7 Å². The molecule has 0 aliphatic heterocycles. The molecule has 0 spiro atoms. The van der Waals surface area contributed by atoms with Gasteiger partial charge in [-0.2, -0.15) is 0 Å². The maximum Gasteiger partial charge on any atom is 0.191 e. The van der Waals surface area contributed by atoms with E-state index in [9.17, 15) is 4.39 Å². The summed E-state index contributed by atoms with van der Waals surface area (Å²) in [5.74, 6) is 0.992. The highest BCUT2D eigenvalue weighted by atomic mass is 35.5. The molecule has 112 valence electrons. The summed E-state index contributed by atoms with van der Waals surface area (Å²) in [5, 5.41) is 9.72. The molecule has 3 rings (SSSR count).